The molecule has 0 heterocycles. The maximum absolute atomic E-state index is 5.87. The number of methoxy groups -OCH3 is 1. The fourth-order valence-electron chi connectivity index (χ4n) is 2.25. The van der Waals surface area contributed by atoms with E-state index < -0.39 is 0 Å². The van der Waals surface area contributed by atoms with Gasteiger partial charge in [0.1, 0.15) is 0 Å². The standard InChI is InChI=1S/C15H23NO2/c1-17-8-7-16-11-14-9-15(10-14)18-12-13-5-3-2-4-6-13/h2-6,14-16H,7-12H2,1H3. The third kappa shape index (κ3) is 4.41. The van der Waals surface area contributed by atoms with Crippen LogP contribution >= 0.6 is 0 Å². The summed E-state index contributed by atoms with van der Waals surface area (Å²) in [6, 6.07) is 10.4. The Kier molecular flexibility index (Phi) is 5.65. The third-order valence-corrected chi connectivity index (χ3v) is 3.44. The Balaban J connectivity index is 1.51. The second-order valence-electron chi connectivity index (χ2n) is 4.95. The molecule has 1 aromatic rings. The normalized spacial score (nSPS) is 22.7. The van der Waals surface area contributed by atoms with E-state index in [4.69, 9.17) is 9.47 Å². The van der Waals surface area contributed by atoms with E-state index in [1.807, 2.05) is 6.07 Å². The van der Waals surface area contributed by atoms with Crippen molar-refractivity contribution < 1.29 is 9.47 Å². The summed E-state index contributed by atoms with van der Waals surface area (Å²) >= 11 is 0. The second-order valence-corrected chi connectivity index (χ2v) is 4.95. The molecule has 0 spiro atoms. The van der Waals surface area contributed by atoms with Gasteiger partial charge in [0.05, 0.1) is 19.3 Å². The van der Waals surface area contributed by atoms with Crippen LogP contribution in [0.5, 0.6) is 0 Å². The molecule has 100 valence electrons. The first kappa shape index (κ1) is 13.5. The van der Waals surface area contributed by atoms with Crippen LogP contribution in [0.25, 0.3) is 0 Å². The highest BCUT2D eigenvalue weighted by Crippen LogP contribution is 2.30. The summed E-state index contributed by atoms with van der Waals surface area (Å²) in [5, 5.41) is 3.40. The second kappa shape index (κ2) is 7.52. The molecular weight excluding hydrogens is 226 g/mol. The minimum absolute atomic E-state index is 0.458. The highest BCUT2D eigenvalue weighted by molar-refractivity contribution is 5.13. The van der Waals surface area contributed by atoms with Gasteiger partial charge in [-0.05, 0) is 30.9 Å². The fourth-order valence-corrected chi connectivity index (χ4v) is 2.25. The molecule has 1 N–H and O–H groups in total. The van der Waals surface area contributed by atoms with Crippen molar-refractivity contribution >= 4 is 0 Å². The molecule has 3 nitrogen and oxygen atoms in total. The van der Waals surface area contributed by atoms with Crippen molar-refractivity contribution in [2.75, 3.05) is 26.8 Å². The summed E-state index contributed by atoms with van der Waals surface area (Å²) in [6.07, 6.45) is 2.83. The van der Waals surface area contributed by atoms with Crippen LogP contribution in [0.1, 0.15) is 18.4 Å². The molecule has 1 fully saturated rings. The summed E-state index contributed by atoms with van der Waals surface area (Å²) < 4.78 is 10.9. The minimum Gasteiger partial charge on any atom is -0.383 e. The van der Waals surface area contributed by atoms with Gasteiger partial charge >= 0.3 is 0 Å². The monoisotopic (exact) mass is 249 g/mol. The zero-order chi connectivity index (χ0) is 12.6. The summed E-state index contributed by atoms with van der Waals surface area (Å²) in [4.78, 5) is 0. The lowest BCUT2D eigenvalue weighted by Gasteiger charge is -2.35. The molecule has 0 atom stereocenters. The van der Waals surface area contributed by atoms with Crippen molar-refractivity contribution in [3.8, 4) is 0 Å². The molecule has 0 bridgehead atoms. The zero-order valence-electron chi connectivity index (χ0n) is 11.1. The molecule has 0 saturated heterocycles. The Morgan fingerprint density at radius 2 is 2.00 bits per heavy atom. The summed E-state index contributed by atoms with van der Waals surface area (Å²) in [7, 11) is 1.73. The molecule has 3 heteroatoms. The summed E-state index contributed by atoms with van der Waals surface area (Å²) in [5.41, 5.74) is 1.26. The number of benzene rings is 1. The lowest BCUT2D eigenvalue weighted by atomic mass is 9.82. The Morgan fingerprint density at radius 3 is 2.72 bits per heavy atom. The molecule has 0 unspecified atom stereocenters. The molecule has 1 aliphatic carbocycles. The van der Waals surface area contributed by atoms with E-state index in [2.05, 4.69) is 29.6 Å². The van der Waals surface area contributed by atoms with Crippen molar-refractivity contribution in [1.82, 2.24) is 5.32 Å². The van der Waals surface area contributed by atoms with Crippen molar-refractivity contribution in [3.63, 3.8) is 0 Å². The Morgan fingerprint density at radius 1 is 1.22 bits per heavy atom. The first-order valence-electron chi connectivity index (χ1n) is 6.73. The Bertz CT molecular complexity index is 323. The van der Waals surface area contributed by atoms with Crippen LogP contribution < -0.4 is 5.32 Å². The number of hydrogen-bond donors (Lipinski definition) is 1. The topological polar surface area (TPSA) is 30.5 Å². The summed E-state index contributed by atoms with van der Waals surface area (Å²) in [5.74, 6) is 0.780. The van der Waals surface area contributed by atoms with Gasteiger partial charge in [-0.15, -0.1) is 0 Å². The Hall–Kier alpha value is -0.900. The van der Waals surface area contributed by atoms with Crippen LogP contribution in [0.3, 0.4) is 0 Å². The van der Waals surface area contributed by atoms with Gasteiger partial charge in [0, 0.05) is 13.7 Å². The maximum atomic E-state index is 5.87. The van der Waals surface area contributed by atoms with Crippen molar-refractivity contribution in [3.05, 3.63) is 35.9 Å². The van der Waals surface area contributed by atoms with Gasteiger partial charge in [-0.2, -0.15) is 0 Å². The molecule has 0 aliphatic heterocycles. The molecule has 1 aliphatic rings. The van der Waals surface area contributed by atoms with Gasteiger partial charge in [-0.25, -0.2) is 0 Å². The number of hydrogen-bond acceptors (Lipinski definition) is 3. The van der Waals surface area contributed by atoms with E-state index in [-0.39, 0.29) is 0 Å². The average Bonchev–Trinajstić information content (AvgIpc) is 2.37. The first-order valence-corrected chi connectivity index (χ1v) is 6.73. The van der Waals surface area contributed by atoms with Gasteiger partial charge in [0.25, 0.3) is 0 Å². The van der Waals surface area contributed by atoms with E-state index in [1.54, 1.807) is 7.11 Å². The third-order valence-electron chi connectivity index (χ3n) is 3.44. The smallest absolute Gasteiger partial charge is 0.0720 e. The predicted octanol–water partition coefficient (Wildman–Crippen LogP) is 2.22. The molecule has 0 amide bonds. The lowest BCUT2D eigenvalue weighted by Crippen LogP contribution is -2.38. The van der Waals surface area contributed by atoms with Crippen LogP contribution in [0, 0.1) is 5.92 Å². The van der Waals surface area contributed by atoms with Crippen LogP contribution in [-0.2, 0) is 16.1 Å². The number of ether oxygens (including phenoxy) is 2. The van der Waals surface area contributed by atoms with Crippen LogP contribution in [0.15, 0.2) is 30.3 Å². The van der Waals surface area contributed by atoms with Gasteiger partial charge in [-0.1, -0.05) is 30.3 Å². The first-order chi connectivity index (χ1) is 8.88. The van der Waals surface area contributed by atoms with Gasteiger partial charge in [0.2, 0.25) is 0 Å². The molecule has 1 saturated carbocycles. The molecule has 18 heavy (non-hydrogen) atoms. The van der Waals surface area contributed by atoms with Crippen molar-refractivity contribution in [2.24, 2.45) is 5.92 Å². The van der Waals surface area contributed by atoms with Crippen LogP contribution in [0.2, 0.25) is 0 Å². The highest BCUT2D eigenvalue weighted by atomic mass is 16.5. The molecule has 0 aromatic heterocycles. The van der Waals surface area contributed by atoms with Crippen LogP contribution in [0.4, 0.5) is 0 Å². The van der Waals surface area contributed by atoms with Gasteiger partial charge < -0.3 is 14.8 Å². The molecule has 0 radical (unpaired) electrons. The predicted molar refractivity (Wildman–Crippen MR) is 72.5 cm³/mol. The zero-order valence-corrected chi connectivity index (χ0v) is 11.1. The molecule has 2 rings (SSSR count). The Labute approximate surface area is 109 Å². The van der Waals surface area contributed by atoms with E-state index in [0.29, 0.717) is 6.10 Å². The lowest BCUT2D eigenvalue weighted by molar-refractivity contribution is -0.0396. The van der Waals surface area contributed by atoms with E-state index >= 15 is 0 Å². The minimum atomic E-state index is 0.458. The van der Waals surface area contributed by atoms with Gasteiger partial charge in [-0.3, -0.25) is 0 Å². The SMILES string of the molecule is COCCNCC1CC(OCc2ccccc2)C1. The highest BCUT2D eigenvalue weighted by Gasteiger charge is 2.29. The number of nitrogens with one attached hydrogen (secondary N) is 1. The number of rotatable bonds is 8. The molecule has 1 aromatic carbocycles. The van der Waals surface area contributed by atoms with E-state index in [9.17, 15) is 0 Å². The van der Waals surface area contributed by atoms with Crippen molar-refractivity contribution in [2.45, 2.75) is 25.6 Å². The van der Waals surface area contributed by atoms with Crippen LogP contribution in [-0.4, -0.2) is 32.9 Å². The van der Waals surface area contributed by atoms with E-state index in [0.717, 1.165) is 32.2 Å². The fraction of sp³-hybridized carbons (Fsp3) is 0.600. The van der Waals surface area contributed by atoms with E-state index in [1.165, 1.54) is 18.4 Å². The van der Waals surface area contributed by atoms with Crippen molar-refractivity contribution in [1.29, 1.82) is 0 Å². The van der Waals surface area contributed by atoms with Gasteiger partial charge in [0.15, 0.2) is 0 Å². The summed E-state index contributed by atoms with van der Waals surface area (Å²) in [6.45, 7) is 3.58. The average molecular weight is 249 g/mol. The quantitative estimate of drug-likeness (QED) is 0.717. The largest absolute Gasteiger partial charge is 0.383 e. The maximum Gasteiger partial charge on any atom is 0.0720 e. The molecular formula is C15H23NO2.